The lowest BCUT2D eigenvalue weighted by atomic mass is 10.2. The predicted octanol–water partition coefficient (Wildman–Crippen LogP) is 5.61. The van der Waals surface area contributed by atoms with Gasteiger partial charge in [-0.25, -0.2) is 0 Å². The number of carbonyl (C=O) groups is 1. The average molecular weight is 739 g/mol. The Bertz CT molecular complexity index is 2400. The van der Waals surface area contributed by atoms with Crippen LogP contribution in [0.1, 0.15) is 6.92 Å². The summed E-state index contributed by atoms with van der Waals surface area (Å²) in [5, 5.41) is 46.5. The number of amides is 1. The summed E-state index contributed by atoms with van der Waals surface area (Å²) in [4.78, 5) is 33.2. The molecule has 1 unspecified atom stereocenters. The summed E-state index contributed by atoms with van der Waals surface area (Å²) in [6.07, 6.45) is 0. The van der Waals surface area contributed by atoms with Crippen LogP contribution in [0.5, 0.6) is 0 Å². The average Bonchev–Trinajstić information content (AvgIpc) is 3.35. The van der Waals surface area contributed by atoms with Crippen molar-refractivity contribution in [2.24, 2.45) is 25.6 Å². The van der Waals surface area contributed by atoms with Crippen LogP contribution in [0.3, 0.4) is 0 Å². The van der Waals surface area contributed by atoms with E-state index in [9.17, 15) is 46.4 Å². The van der Waals surface area contributed by atoms with E-state index in [1.807, 2.05) is 0 Å². The summed E-state index contributed by atoms with van der Waals surface area (Å²) in [5.41, 5.74) is 5.17. The first kappa shape index (κ1) is 35.7. The number of nitrogens with zero attached hydrogens (tertiary/aromatic N) is 8. The zero-order chi connectivity index (χ0) is 37.2. The molecular weight excluding hydrogens is 717 g/mol. The molecule has 1 aliphatic heterocycles. The summed E-state index contributed by atoms with van der Waals surface area (Å²) in [6.45, 7) is 1.47. The summed E-state index contributed by atoms with van der Waals surface area (Å²) in [6, 6.07) is 14.1. The first-order valence-electron chi connectivity index (χ1n) is 13.9. The van der Waals surface area contributed by atoms with Crippen molar-refractivity contribution in [3.05, 3.63) is 99.1 Å². The molecule has 0 bridgehead atoms. The molecule has 1 amide bonds. The third-order valence-corrected chi connectivity index (χ3v) is 8.71. The van der Waals surface area contributed by atoms with Gasteiger partial charge in [-0.05, 0) is 67.6 Å². The van der Waals surface area contributed by atoms with Crippen LogP contribution in [0.4, 0.5) is 51.2 Å². The van der Waals surface area contributed by atoms with Crippen LogP contribution in [0.25, 0.3) is 0 Å². The second kappa shape index (κ2) is 13.7. The van der Waals surface area contributed by atoms with Gasteiger partial charge in [-0.1, -0.05) is 0 Å². The molecule has 51 heavy (non-hydrogen) atoms. The monoisotopic (exact) mass is 738 g/mol. The summed E-state index contributed by atoms with van der Waals surface area (Å²) < 4.78 is 64.9. The molecule has 0 saturated heterocycles. The lowest BCUT2D eigenvalue weighted by molar-refractivity contribution is -0.385. The zero-order valence-corrected chi connectivity index (χ0v) is 27.3. The van der Waals surface area contributed by atoms with Gasteiger partial charge >= 0.3 is 0 Å². The number of hydrazone groups is 1. The maximum Gasteiger partial charge on any atom is 0.299 e. The Morgan fingerprint density at radius 2 is 1.51 bits per heavy atom. The number of non-ortho nitro benzene ring substituents is 1. The number of carbonyl (C=O) groups excluding carboxylic acids is 1. The predicted molar refractivity (Wildman–Crippen MR) is 179 cm³/mol. The quantitative estimate of drug-likeness (QED) is 0.0478. The second-order valence-electron chi connectivity index (χ2n) is 10.4. The van der Waals surface area contributed by atoms with Gasteiger partial charge in [-0.2, -0.15) is 37.2 Å². The van der Waals surface area contributed by atoms with Gasteiger partial charge in [0.05, 0.1) is 43.2 Å². The third-order valence-electron chi connectivity index (χ3n) is 6.95. The number of rotatable bonds is 11. The number of benzene rings is 4. The van der Waals surface area contributed by atoms with Gasteiger partial charge < -0.3 is 11.1 Å². The van der Waals surface area contributed by atoms with Gasteiger partial charge in [0, 0.05) is 23.9 Å². The number of azo groups is 2. The molecule has 0 saturated carbocycles. The third kappa shape index (κ3) is 8.02. The van der Waals surface area contributed by atoms with Crippen LogP contribution in [-0.4, -0.2) is 53.4 Å². The van der Waals surface area contributed by atoms with E-state index in [4.69, 9.17) is 10.3 Å². The fraction of sp³-hybridized carbons (Fsp3) is 0.0714. The smallest absolute Gasteiger partial charge is 0.299 e. The Kier molecular flexibility index (Phi) is 9.63. The van der Waals surface area contributed by atoms with Gasteiger partial charge in [-0.15, -0.1) is 10.2 Å². The van der Waals surface area contributed by atoms with Crippen molar-refractivity contribution in [1.29, 1.82) is 0 Å². The van der Waals surface area contributed by atoms with Crippen molar-refractivity contribution in [1.82, 2.24) is 0 Å². The molecule has 262 valence electrons. The van der Waals surface area contributed by atoms with Crippen LogP contribution in [0, 0.1) is 20.2 Å². The zero-order valence-electron chi connectivity index (χ0n) is 25.6. The highest BCUT2D eigenvalue weighted by Crippen LogP contribution is 2.38. The lowest BCUT2D eigenvalue weighted by Gasteiger charge is -2.12. The fourth-order valence-electron chi connectivity index (χ4n) is 4.47. The Balaban J connectivity index is 1.32. The van der Waals surface area contributed by atoms with Gasteiger partial charge in [0.2, 0.25) is 0 Å². The Labute approximate surface area is 286 Å². The molecule has 1 heterocycles. The minimum Gasteiger partial charge on any atom is -0.397 e. The van der Waals surface area contributed by atoms with E-state index in [0.29, 0.717) is 11.8 Å². The number of nitrogen functional groups attached to an aromatic ring is 1. The lowest BCUT2D eigenvalue weighted by Crippen LogP contribution is -2.29. The molecule has 5 rings (SSSR count). The Morgan fingerprint density at radius 1 is 0.843 bits per heavy atom. The van der Waals surface area contributed by atoms with E-state index in [1.165, 1.54) is 43.3 Å². The van der Waals surface area contributed by atoms with Crippen LogP contribution in [0.2, 0.25) is 0 Å². The largest absolute Gasteiger partial charge is 0.397 e. The highest BCUT2D eigenvalue weighted by atomic mass is 32.2. The molecule has 0 aromatic heterocycles. The Morgan fingerprint density at radius 3 is 2.10 bits per heavy atom. The molecule has 1 aliphatic rings. The van der Waals surface area contributed by atoms with E-state index >= 15 is 0 Å². The van der Waals surface area contributed by atoms with Gasteiger partial charge in [0.1, 0.15) is 10.6 Å². The minimum atomic E-state index is -4.82. The van der Waals surface area contributed by atoms with Gasteiger partial charge in [0.25, 0.3) is 37.5 Å². The number of anilines is 4. The van der Waals surface area contributed by atoms with Crippen molar-refractivity contribution in [2.45, 2.75) is 22.8 Å². The van der Waals surface area contributed by atoms with E-state index in [2.05, 4.69) is 30.9 Å². The first-order valence-corrected chi connectivity index (χ1v) is 16.8. The highest BCUT2D eigenvalue weighted by Gasteiger charge is 2.35. The number of nitrogens with one attached hydrogen (secondary N) is 1. The van der Waals surface area contributed by atoms with Crippen LogP contribution in [-0.2, 0) is 25.0 Å². The summed E-state index contributed by atoms with van der Waals surface area (Å²) in [7, 11) is -9.28. The summed E-state index contributed by atoms with van der Waals surface area (Å²) in [5.74, 6) is -0.690. The molecule has 0 fully saturated rings. The van der Waals surface area contributed by atoms with E-state index in [1.54, 1.807) is 0 Å². The van der Waals surface area contributed by atoms with E-state index in [0.717, 1.165) is 41.4 Å². The van der Waals surface area contributed by atoms with Crippen molar-refractivity contribution < 1.29 is 40.6 Å². The molecule has 0 aliphatic carbocycles. The molecule has 23 heteroatoms. The number of nitro benzene ring substituents is 2. The molecule has 1 atom stereocenters. The van der Waals surface area contributed by atoms with Crippen LogP contribution >= 0.6 is 0 Å². The van der Waals surface area contributed by atoms with Crippen molar-refractivity contribution >= 4 is 83.0 Å². The second-order valence-corrected chi connectivity index (χ2v) is 13.2. The molecule has 0 radical (unpaired) electrons. The maximum atomic E-state index is 13.0. The topological polar surface area (TPSA) is 315 Å². The maximum absolute atomic E-state index is 13.0. The van der Waals surface area contributed by atoms with E-state index < -0.39 is 63.2 Å². The van der Waals surface area contributed by atoms with E-state index in [-0.39, 0.29) is 39.8 Å². The van der Waals surface area contributed by atoms with Crippen LogP contribution in [0.15, 0.2) is 114 Å². The number of hydrogen-bond donors (Lipinski definition) is 4. The van der Waals surface area contributed by atoms with Crippen molar-refractivity contribution in [2.75, 3.05) is 16.1 Å². The number of nitrogens with two attached hydrogens (primary N) is 1. The minimum absolute atomic E-state index is 0.0869. The molecule has 4 aromatic rings. The molecule has 21 nitrogen and oxygen atoms in total. The highest BCUT2D eigenvalue weighted by molar-refractivity contribution is 7.86. The van der Waals surface area contributed by atoms with Gasteiger partial charge in [0.15, 0.2) is 11.7 Å². The van der Waals surface area contributed by atoms with Crippen molar-refractivity contribution in [3.8, 4) is 0 Å². The molecule has 5 N–H and O–H groups in total. The fourth-order valence-corrected chi connectivity index (χ4v) is 5.61. The van der Waals surface area contributed by atoms with Gasteiger partial charge in [-0.3, -0.25) is 34.1 Å². The normalized spacial score (nSPS) is 15.0. The summed E-state index contributed by atoms with van der Waals surface area (Å²) >= 11 is 0. The molecule has 0 spiro atoms. The number of nitro groups is 2. The standard InChI is InChI=1S/C28H22N10O11S2/c1-15-27(28(39)36(35-15)18-6-9-20(10-7-18)50(44,45)46)34-33-24-13-21(29)23(14-25(24)38(42)43)32-31-17-4-2-16(3-5-17)30-22-11-8-19(37(40)41)12-26(22)51(47,48)49/h2-14,27,30H,29H2,1H3,(H,44,45,46)(H,47,48,49). The first-order chi connectivity index (χ1) is 23.9. The number of hydrogen-bond acceptors (Lipinski definition) is 16. The molecular formula is C28H22N10O11S2. The van der Waals surface area contributed by atoms with Crippen molar-refractivity contribution in [3.63, 3.8) is 0 Å². The van der Waals surface area contributed by atoms with Crippen LogP contribution < -0.4 is 16.1 Å². The molecule has 4 aromatic carbocycles. The SMILES string of the molecule is CC1=NN(c2ccc(S(=O)(=O)O)cc2)C(=O)C1N=Nc1cc(N)c(N=Nc2ccc(Nc3ccc([N+](=O)[O-])cc3S(=O)(=O)O)cc2)cc1[N+](=O)[O-]. The Hall–Kier alpha value is -6.56.